The fourth-order valence-electron chi connectivity index (χ4n) is 3.13. The van der Waals surface area contributed by atoms with Crippen LogP contribution < -0.4 is 14.9 Å². The first-order valence-electron chi connectivity index (χ1n) is 9.98. The molecule has 1 amide bonds. The summed E-state index contributed by atoms with van der Waals surface area (Å²) >= 11 is 8.13. The van der Waals surface area contributed by atoms with Crippen LogP contribution >= 0.6 is 34.2 Å². The van der Waals surface area contributed by atoms with E-state index in [1.807, 2.05) is 62.4 Å². The minimum atomic E-state index is -0.169. The summed E-state index contributed by atoms with van der Waals surface area (Å²) in [6.45, 7) is 4.43. The van der Waals surface area contributed by atoms with Crippen LogP contribution in [0.15, 0.2) is 59.7 Å². The number of hydrogen-bond acceptors (Lipinski definition) is 4. The first-order valence-corrected chi connectivity index (χ1v) is 11.4. The molecule has 3 rings (SSSR count). The smallest absolute Gasteiger partial charge is 0.244 e. The summed E-state index contributed by atoms with van der Waals surface area (Å²) in [5.41, 5.74) is 7.64. The fraction of sp³-hybridized carbons (Fsp3) is 0.200. The molecule has 166 valence electrons. The summed E-state index contributed by atoms with van der Waals surface area (Å²) in [6, 6.07) is 17.3. The van der Waals surface area contributed by atoms with E-state index < -0.39 is 0 Å². The average Bonchev–Trinajstić information content (AvgIpc) is 2.76. The molecule has 0 spiro atoms. The topological polar surface area (TPSA) is 59.9 Å². The van der Waals surface area contributed by atoms with E-state index in [-0.39, 0.29) is 12.3 Å². The lowest BCUT2D eigenvalue weighted by Crippen LogP contribution is -2.20. The van der Waals surface area contributed by atoms with Gasteiger partial charge in [-0.05, 0) is 83.0 Å². The molecule has 3 aromatic rings. The van der Waals surface area contributed by atoms with E-state index >= 15 is 0 Å². The van der Waals surface area contributed by atoms with Crippen LogP contribution in [0.25, 0.3) is 0 Å². The largest absolute Gasteiger partial charge is 0.493 e. The normalized spacial score (nSPS) is 10.9. The highest BCUT2D eigenvalue weighted by molar-refractivity contribution is 14.1. The Hall–Kier alpha value is -2.58. The maximum Gasteiger partial charge on any atom is 0.244 e. The first-order chi connectivity index (χ1) is 15.4. The third-order valence-electron chi connectivity index (χ3n) is 4.80. The zero-order valence-corrected chi connectivity index (χ0v) is 21.0. The van der Waals surface area contributed by atoms with Crippen molar-refractivity contribution in [2.75, 3.05) is 7.11 Å². The molecule has 0 saturated carbocycles. The van der Waals surface area contributed by atoms with Gasteiger partial charge in [0.05, 0.1) is 23.3 Å². The molecular weight excluding hydrogens is 539 g/mol. The fourth-order valence-corrected chi connectivity index (χ4v) is 4.03. The number of methoxy groups -OCH3 is 1. The number of halogens is 2. The van der Waals surface area contributed by atoms with Crippen LogP contribution in [0.2, 0.25) is 5.02 Å². The SMILES string of the molecule is COc1cc(/C=N\NC(=O)Cc2ccc(C)cc2C)cc(I)c1OCc1ccc(Cl)cc1. The Kier molecular flexibility index (Phi) is 8.53. The number of carbonyl (C=O) groups is 1. The Bertz CT molecular complexity index is 1130. The molecule has 0 fully saturated rings. The van der Waals surface area contributed by atoms with Crippen LogP contribution in [-0.2, 0) is 17.8 Å². The molecule has 0 saturated heterocycles. The molecule has 0 aliphatic carbocycles. The van der Waals surface area contributed by atoms with Crippen LogP contribution in [0, 0.1) is 17.4 Å². The molecule has 0 heterocycles. The van der Waals surface area contributed by atoms with Crippen LogP contribution in [0.5, 0.6) is 11.5 Å². The second-order valence-corrected chi connectivity index (χ2v) is 8.95. The quantitative estimate of drug-likeness (QED) is 0.213. The average molecular weight is 563 g/mol. The molecule has 0 bridgehead atoms. The molecule has 0 aliphatic rings. The number of nitrogens with one attached hydrogen (secondary N) is 1. The molecule has 0 radical (unpaired) electrons. The van der Waals surface area contributed by atoms with Gasteiger partial charge < -0.3 is 9.47 Å². The second-order valence-electron chi connectivity index (χ2n) is 7.35. The highest BCUT2D eigenvalue weighted by atomic mass is 127. The van der Waals surface area contributed by atoms with E-state index in [2.05, 4.69) is 39.2 Å². The highest BCUT2D eigenvalue weighted by Gasteiger charge is 2.12. The van der Waals surface area contributed by atoms with Gasteiger partial charge in [-0.2, -0.15) is 5.10 Å². The van der Waals surface area contributed by atoms with Crippen molar-refractivity contribution in [1.29, 1.82) is 0 Å². The summed E-state index contributed by atoms with van der Waals surface area (Å²) in [4.78, 5) is 12.2. The maximum atomic E-state index is 12.2. The standard InChI is InChI=1S/C25H24ClIN2O3/c1-16-4-7-20(17(2)10-16)13-24(30)29-28-14-19-11-22(27)25(23(12-19)31-3)32-15-18-5-8-21(26)9-6-18/h4-12,14H,13,15H2,1-3H3,(H,29,30)/b28-14-. The van der Waals surface area contributed by atoms with E-state index in [0.717, 1.165) is 25.8 Å². The van der Waals surface area contributed by atoms with Crippen molar-refractivity contribution in [3.63, 3.8) is 0 Å². The summed E-state index contributed by atoms with van der Waals surface area (Å²) < 4.78 is 12.4. The van der Waals surface area contributed by atoms with Gasteiger partial charge in [0.15, 0.2) is 11.5 Å². The van der Waals surface area contributed by atoms with Gasteiger partial charge in [-0.15, -0.1) is 0 Å². The van der Waals surface area contributed by atoms with Crippen molar-refractivity contribution in [1.82, 2.24) is 5.43 Å². The van der Waals surface area contributed by atoms with Crippen LogP contribution in [0.1, 0.15) is 27.8 Å². The van der Waals surface area contributed by atoms with Crippen molar-refractivity contribution in [2.24, 2.45) is 5.10 Å². The lowest BCUT2D eigenvalue weighted by atomic mass is 10.0. The van der Waals surface area contributed by atoms with E-state index in [0.29, 0.717) is 23.1 Å². The zero-order chi connectivity index (χ0) is 23.1. The van der Waals surface area contributed by atoms with Gasteiger partial charge in [-0.1, -0.05) is 47.5 Å². The minimum Gasteiger partial charge on any atom is -0.493 e. The third kappa shape index (κ3) is 6.71. The Morgan fingerprint density at radius 2 is 1.88 bits per heavy atom. The predicted molar refractivity (Wildman–Crippen MR) is 137 cm³/mol. The van der Waals surface area contributed by atoms with Gasteiger partial charge in [0.1, 0.15) is 6.61 Å². The lowest BCUT2D eigenvalue weighted by molar-refractivity contribution is -0.120. The molecule has 0 aliphatic heterocycles. The van der Waals surface area contributed by atoms with Gasteiger partial charge in [0, 0.05) is 5.02 Å². The van der Waals surface area contributed by atoms with Crippen molar-refractivity contribution >= 4 is 46.3 Å². The minimum absolute atomic E-state index is 0.169. The molecule has 0 atom stereocenters. The second kappa shape index (κ2) is 11.3. The van der Waals surface area contributed by atoms with E-state index in [9.17, 15) is 4.79 Å². The van der Waals surface area contributed by atoms with Crippen LogP contribution in [0.4, 0.5) is 0 Å². The van der Waals surface area contributed by atoms with Crippen LogP contribution in [-0.4, -0.2) is 19.2 Å². The zero-order valence-electron chi connectivity index (χ0n) is 18.1. The molecule has 0 unspecified atom stereocenters. The van der Waals surface area contributed by atoms with Gasteiger partial charge in [-0.25, -0.2) is 5.43 Å². The molecule has 0 aromatic heterocycles. The summed E-state index contributed by atoms with van der Waals surface area (Å²) in [6.07, 6.45) is 1.87. The summed E-state index contributed by atoms with van der Waals surface area (Å²) in [7, 11) is 1.59. The number of nitrogens with zero attached hydrogens (tertiary/aromatic N) is 1. The van der Waals surface area contributed by atoms with E-state index in [4.69, 9.17) is 21.1 Å². The Morgan fingerprint density at radius 1 is 1.12 bits per heavy atom. The van der Waals surface area contributed by atoms with Gasteiger partial charge in [-0.3, -0.25) is 4.79 Å². The van der Waals surface area contributed by atoms with Crippen molar-refractivity contribution in [2.45, 2.75) is 26.9 Å². The monoisotopic (exact) mass is 562 g/mol. The molecule has 1 N–H and O–H groups in total. The number of carbonyl (C=O) groups excluding carboxylic acids is 1. The first kappa shape index (κ1) is 24.1. The molecular formula is C25H24ClIN2O3. The Labute approximate surface area is 206 Å². The predicted octanol–water partition coefficient (Wildman–Crippen LogP) is 5.84. The third-order valence-corrected chi connectivity index (χ3v) is 5.85. The number of amides is 1. The Balaban J connectivity index is 1.63. The van der Waals surface area contributed by atoms with Crippen LogP contribution in [0.3, 0.4) is 0 Å². The maximum absolute atomic E-state index is 12.2. The van der Waals surface area contributed by atoms with Gasteiger partial charge in [0.2, 0.25) is 5.91 Å². The number of hydrazone groups is 1. The van der Waals surface area contributed by atoms with E-state index in [1.54, 1.807) is 13.3 Å². The number of benzene rings is 3. The van der Waals surface area contributed by atoms with Crippen molar-refractivity contribution < 1.29 is 14.3 Å². The van der Waals surface area contributed by atoms with Crippen molar-refractivity contribution in [3.05, 3.63) is 91.0 Å². The van der Waals surface area contributed by atoms with Gasteiger partial charge in [0.25, 0.3) is 0 Å². The van der Waals surface area contributed by atoms with Crippen molar-refractivity contribution in [3.8, 4) is 11.5 Å². The Morgan fingerprint density at radius 3 is 2.56 bits per heavy atom. The highest BCUT2D eigenvalue weighted by Crippen LogP contribution is 2.34. The molecule has 3 aromatic carbocycles. The molecule has 5 nitrogen and oxygen atoms in total. The van der Waals surface area contributed by atoms with E-state index in [1.165, 1.54) is 5.56 Å². The number of rotatable bonds is 8. The summed E-state index contributed by atoms with van der Waals surface area (Å²) in [5.74, 6) is 1.07. The molecule has 32 heavy (non-hydrogen) atoms. The number of ether oxygens (including phenoxy) is 2. The lowest BCUT2D eigenvalue weighted by Gasteiger charge is -2.13. The summed E-state index contributed by atoms with van der Waals surface area (Å²) in [5, 5.41) is 4.78. The van der Waals surface area contributed by atoms with Gasteiger partial charge >= 0.3 is 0 Å². The number of aryl methyl sites for hydroxylation is 2. The number of hydrogen-bond donors (Lipinski definition) is 1. The molecule has 7 heteroatoms.